The zero-order valence-corrected chi connectivity index (χ0v) is 9.62. The summed E-state index contributed by atoms with van der Waals surface area (Å²) in [6.07, 6.45) is -1.12. The van der Waals surface area contributed by atoms with Gasteiger partial charge in [-0.25, -0.2) is 10.3 Å². The molecule has 16 heavy (non-hydrogen) atoms. The predicted octanol–water partition coefficient (Wildman–Crippen LogP) is 2.12. The van der Waals surface area contributed by atoms with Crippen LogP contribution in [0.25, 0.3) is 0 Å². The lowest BCUT2D eigenvalue weighted by molar-refractivity contribution is 0.122. The van der Waals surface area contributed by atoms with E-state index in [0.29, 0.717) is 22.6 Å². The van der Waals surface area contributed by atoms with Crippen molar-refractivity contribution in [3.8, 4) is 11.5 Å². The Morgan fingerprint density at radius 1 is 1.25 bits per heavy atom. The van der Waals surface area contributed by atoms with Gasteiger partial charge in [-0.1, -0.05) is 0 Å². The predicted molar refractivity (Wildman–Crippen MR) is 58.0 cm³/mol. The third kappa shape index (κ3) is 2.62. The zero-order valence-electron chi connectivity index (χ0n) is 9.62. The normalized spacial score (nSPS) is 12.3. The van der Waals surface area contributed by atoms with Crippen molar-refractivity contribution in [3.63, 3.8) is 0 Å². The Kier molecular flexibility index (Phi) is 4.52. The van der Waals surface area contributed by atoms with Crippen molar-refractivity contribution in [2.24, 2.45) is 5.90 Å². The molecule has 0 amide bonds. The SMILES string of the molecule is COc1cc(CON)c(C(C)F)cc1OC. The van der Waals surface area contributed by atoms with Crippen molar-refractivity contribution in [3.05, 3.63) is 23.3 Å². The maximum atomic E-state index is 13.4. The second kappa shape index (κ2) is 5.67. The first-order chi connectivity index (χ1) is 7.63. The van der Waals surface area contributed by atoms with E-state index in [9.17, 15) is 4.39 Å². The fourth-order valence-electron chi connectivity index (χ4n) is 1.52. The molecule has 1 rings (SSSR count). The van der Waals surface area contributed by atoms with Crippen molar-refractivity contribution in [2.75, 3.05) is 14.2 Å². The molecular formula is C11H16FNO3. The van der Waals surface area contributed by atoms with Crippen LogP contribution >= 0.6 is 0 Å². The number of ether oxygens (including phenoxy) is 2. The van der Waals surface area contributed by atoms with Crippen molar-refractivity contribution < 1.29 is 18.7 Å². The molecule has 0 aliphatic carbocycles. The summed E-state index contributed by atoms with van der Waals surface area (Å²) in [4.78, 5) is 4.53. The molecule has 0 fully saturated rings. The maximum Gasteiger partial charge on any atom is 0.161 e. The molecule has 1 atom stereocenters. The molecule has 1 unspecified atom stereocenters. The minimum Gasteiger partial charge on any atom is -0.493 e. The smallest absolute Gasteiger partial charge is 0.161 e. The summed E-state index contributed by atoms with van der Waals surface area (Å²) in [5.74, 6) is 6.01. The van der Waals surface area contributed by atoms with Crippen LogP contribution in [-0.2, 0) is 11.4 Å². The molecule has 1 aromatic rings. The molecule has 0 aromatic heterocycles. The molecule has 0 bridgehead atoms. The number of nitrogens with two attached hydrogens (primary N) is 1. The van der Waals surface area contributed by atoms with Gasteiger partial charge in [-0.2, -0.15) is 0 Å². The minimum absolute atomic E-state index is 0.129. The van der Waals surface area contributed by atoms with Crippen LogP contribution in [0.1, 0.15) is 24.2 Å². The molecule has 2 N–H and O–H groups in total. The molecule has 0 aliphatic rings. The first kappa shape index (κ1) is 12.7. The van der Waals surface area contributed by atoms with E-state index in [2.05, 4.69) is 4.84 Å². The number of methoxy groups -OCH3 is 2. The van der Waals surface area contributed by atoms with Crippen molar-refractivity contribution in [1.29, 1.82) is 0 Å². The number of hydrogen-bond acceptors (Lipinski definition) is 4. The van der Waals surface area contributed by atoms with Crippen LogP contribution in [0.15, 0.2) is 12.1 Å². The van der Waals surface area contributed by atoms with E-state index in [1.807, 2.05) is 0 Å². The molecule has 0 saturated carbocycles. The third-order valence-electron chi connectivity index (χ3n) is 2.31. The zero-order chi connectivity index (χ0) is 12.1. The number of rotatable bonds is 5. The Bertz CT molecular complexity index is 355. The molecule has 0 spiro atoms. The van der Waals surface area contributed by atoms with Crippen LogP contribution in [0.5, 0.6) is 11.5 Å². The molecule has 1 aromatic carbocycles. The Morgan fingerprint density at radius 2 is 1.81 bits per heavy atom. The van der Waals surface area contributed by atoms with Gasteiger partial charge in [0.05, 0.1) is 20.8 Å². The highest BCUT2D eigenvalue weighted by molar-refractivity contribution is 5.48. The summed E-state index contributed by atoms with van der Waals surface area (Å²) < 4.78 is 23.6. The van der Waals surface area contributed by atoms with Crippen LogP contribution in [-0.4, -0.2) is 14.2 Å². The van der Waals surface area contributed by atoms with Gasteiger partial charge in [0.1, 0.15) is 6.17 Å². The molecule has 0 heterocycles. The fourth-order valence-corrected chi connectivity index (χ4v) is 1.52. The monoisotopic (exact) mass is 229 g/mol. The van der Waals surface area contributed by atoms with Crippen molar-refractivity contribution >= 4 is 0 Å². The third-order valence-corrected chi connectivity index (χ3v) is 2.31. The van der Waals surface area contributed by atoms with Crippen LogP contribution in [0, 0.1) is 0 Å². The molecule has 90 valence electrons. The van der Waals surface area contributed by atoms with E-state index in [4.69, 9.17) is 15.4 Å². The maximum absolute atomic E-state index is 13.4. The average Bonchev–Trinajstić information content (AvgIpc) is 2.28. The quantitative estimate of drug-likeness (QED) is 0.786. The van der Waals surface area contributed by atoms with Gasteiger partial charge in [-0.05, 0) is 30.2 Å². The van der Waals surface area contributed by atoms with E-state index in [0.717, 1.165) is 0 Å². The molecule has 0 saturated heterocycles. The lowest BCUT2D eigenvalue weighted by Gasteiger charge is -2.15. The number of alkyl halides is 1. The van der Waals surface area contributed by atoms with Gasteiger partial charge in [-0.3, -0.25) is 4.84 Å². The second-order valence-electron chi connectivity index (χ2n) is 3.33. The Hall–Kier alpha value is -1.33. The van der Waals surface area contributed by atoms with Gasteiger partial charge < -0.3 is 9.47 Å². The standard InChI is InChI=1S/C11H16FNO3/c1-7(12)9-5-11(15-3)10(14-2)4-8(9)6-16-13/h4-5,7H,6,13H2,1-3H3. The highest BCUT2D eigenvalue weighted by atomic mass is 19.1. The molecule has 5 heteroatoms. The van der Waals surface area contributed by atoms with E-state index < -0.39 is 6.17 Å². The van der Waals surface area contributed by atoms with Crippen LogP contribution in [0.2, 0.25) is 0 Å². The Balaban J connectivity index is 3.23. The summed E-state index contributed by atoms with van der Waals surface area (Å²) in [7, 11) is 3.02. The van der Waals surface area contributed by atoms with Crippen molar-refractivity contribution in [1.82, 2.24) is 0 Å². The first-order valence-corrected chi connectivity index (χ1v) is 4.84. The second-order valence-corrected chi connectivity index (χ2v) is 3.33. The largest absolute Gasteiger partial charge is 0.493 e. The molecular weight excluding hydrogens is 213 g/mol. The molecule has 4 nitrogen and oxygen atoms in total. The van der Waals surface area contributed by atoms with Crippen molar-refractivity contribution in [2.45, 2.75) is 19.7 Å². The van der Waals surface area contributed by atoms with Gasteiger partial charge in [0.25, 0.3) is 0 Å². The minimum atomic E-state index is -1.12. The van der Waals surface area contributed by atoms with Gasteiger partial charge in [0, 0.05) is 0 Å². The molecule has 0 aliphatic heterocycles. The van der Waals surface area contributed by atoms with E-state index in [-0.39, 0.29) is 6.61 Å². The average molecular weight is 229 g/mol. The Morgan fingerprint density at radius 3 is 2.25 bits per heavy atom. The lowest BCUT2D eigenvalue weighted by atomic mass is 10.0. The van der Waals surface area contributed by atoms with Gasteiger partial charge >= 0.3 is 0 Å². The first-order valence-electron chi connectivity index (χ1n) is 4.84. The summed E-state index contributed by atoms with van der Waals surface area (Å²) in [6.45, 7) is 1.57. The number of halogens is 1. The van der Waals surface area contributed by atoms with E-state index >= 15 is 0 Å². The summed E-state index contributed by atoms with van der Waals surface area (Å²) in [6, 6.07) is 3.26. The van der Waals surface area contributed by atoms with Gasteiger partial charge in [0.2, 0.25) is 0 Å². The number of hydrogen-bond donors (Lipinski definition) is 1. The highest BCUT2D eigenvalue weighted by Crippen LogP contribution is 2.34. The summed E-state index contributed by atoms with van der Waals surface area (Å²) in [5, 5.41) is 0. The fraction of sp³-hybridized carbons (Fsp3) is 0.455. The van der Waals surface area contributed by atoms with Crippen LogP contribution in [0.4, 0.5) is 4.39 Å². The van der Waals surface area contributed by atoms with Gasteiger partial charge in [-0.15, -0.1) is 0 Å². The Labute approximate surface area is 94.1 Å². The van der Waals surface area contributed by atoms with Crippen LogP contribution in [0.3, 0.4) is 0 Å². The summed E-state index contributed by atoms with van der Waals surface area (Å²) >= 11 is 0. The summed E-state index contributed by atoms with van der Waals surface area (Å²) in [5.41, 5.74) is 1.14. The lowest BCUT2D eigenvalue weighted by Crippen LogP contribution is -2.04. The highest BCUT2D eigenvalue weighted by Gasteiger charge is 2.15. The van der Waals surface area contributed by atoms with Gasteiger partial charge in [0.15, 0.2) is 11.5 Å². The van der Waals surface area contributed by atoms with E-state index in [1.54, 1.807) is 12.1 Å². The van der Waals surface area contributed by atoms with Crippen LogP contribution < -0.4 is 15.4 Å². The van der Waals surface area contributed by atoms with E-state index in [1.165, 1.54) is 21.1 Å². The molecule has 0 radical (unpaired) electrons. The topological polar surface area (TPSA) is 53.7 Å². The number of benzene rings is 1.